The molecule has 230 valence electrons. The lowest BCUT2D eigenvalue weighted by Crippen LogP contribution is -2.68. The number of aliphatic hydroxyl groups excluding tert-OH is 9. The molecule has 2 heterocycles. The van der Waals surface area contributed by atoms with Gasteiger partial charge in [0.05, 0.1) is 13.2 Å². The molecule has 0 radical (unpaired) electrons. The maximum absolute atomic E-state index is 13.7. The Bertz CT molecular complexity index is 1270. The van der Waals surface area contributed by atoms with Gasteiger partial charge in [0.15, 0.2) is 11.4 Å². The summed E-state index contributed by atoms with van der Waals surface area (Å²) in [5, 5.41) is 114. The highest BCUT2D eigenvalue weighted by Gasteiger charge is 2.59. The van der Waals surface area contributed by atoms with Crippen molar-refractivity contribution >= 4 is 17.6 Å². The van der Waals surface area contributed by atoms with Gasteiger partial charge in [-0.3, -0.25) is 9.59 Å². The van der Waals surface area contributed by atoms with E-state index in [-0.39, 0.29) is 5.75 Å². The Hall–Kier alpha value is -3.06. The Morgan fingerprint density at radius 2 is 1.36 bits per heavy atom. The fourth-order valence-corrected chi connectivity index (χ4v) is 5.14. The van der Waals surface area contributed by atoms with Gasteiger partial charge in [-0.05, 0) is 29.8 Å². The van der Waals surface area contributed by atoms with E-state index >= 15 is 0 Å². The number of allylic oxidation sites excluding steroid dienone is 1. The molecule has 1 aliphatic carbocycles. The van der Waals surface area contributed by atoms with Crippen LogP contribution in [0.2, 0.25) is 0 Å². The molecule has 2 fully saturated rings. The third-order valence-corrected chi connectivity index (χ3v) is 7.57. The van der Waals surface area contributed by atoms with E-state index < -0.39 is 108 Å². The minimum Gasteiger partial charge on any atom is -0.508 e. The second-order valence-corrected chi connectivity index (χ2v) is 10.3. The average Bonchev–Trinajstić information content (AvgIpc) is 2.97. The Morgan fingerprint density at radius 3 is 1.93 bits per heavy atom. The zero-order valence-corrected chi connectivity index (χ0v) is 21.8. The van der Waals surface area contributed by atoms with E-state index in [2.05, 4.69) is 0 Å². The predicted molar refractivity (Wildman–Crippen MR) is 137 cm³/mol. The zero-order valence-electron chi connectivity index (χ0n) is 21.8. The Morgan fingerprint density at radius 1 is 0.810 bits per heavy atom. The van der Waals surface area contributed by atoms with Crippen LogP contribution in [0.4, 0.5) is 0 Å². The molecule has 15 nitrogen and oxygen atoms in total. The van der Waals surface area contributed by atoms with Crippen LogP contribution in [-0.4, -0.2) is 148 Å². The van der Waals surface area contributed by atoms with E-state index in [0.717, 1.165) is 6.08 Å². The smallest absolute Gasteiger partial charge is 0.208 e. The molecule has 0 saturated carbocycles. The lowest BCUT2D eigenvalue weighted by molar-refractivity contribution is -0.258. The Balaban J connectivity index is 1.84. The van der Waals surface area contributed by atoms with Crippen LogP contribution in [0.3, 0.4) is 0 Å². The van der Waals surface area contributed by atoms with Crippen LogP contribution in [-0.2, 0) is 19.1 Å². The van der Waals surface area contributed by atoms with Crippen molar-refractivity contribution in [2.75, 3.05) is 13.2 Å². The first-order valence-corrected chi connectivity index (χ1v) is 12.8. The van der Waals surface area contributed by atoms with Crippen molar-refractivity contribution in [3.8, 4) is 5.75 Å². The van der Waals surface area contributed by atoms with E-state index in [9.17, 15) is 65.8 Å². The molecule has 4 rings (SSSR count). The van der Waals surface area contributed by atoms with Crippen LogP contribution in [0.15, 0.2) is 53.3 Å². The highest BCUT2D eigenvalue weighted by Crippen LogP contribution is 2.40. The van der Waals surface area contributed by atoms with Crippen molar-refractivity contribution in [3.63, 3.8) is 0 Å². The number of aliphatic hydroxyl groups is 10. The number of rotatable bonds is 7. The van der Waals surface area contributed by atoms with Gasteiger partial charge in [-0.15, -0.1) is 0 Å². The number of hydrogen-bond acceptors (Lipinski definition) is 15. The molecule has 11 N–H and O–H groups in total. The van der Waals surface area contributed by atoms with Crippen molar-refractivity contribution in [2.45, 2.75) is 66.6 Å². The maximum Gasteiger partial charge on any atom is 0.208 e. The summed E-state index contributed by atoms with van der Waals surface area (Å²) in [6, 6.07) is 5.45. The van der Waals surface area contributed by atoms with Gasteiger partial charge in [-0.25, -0.2) is 0 Å². The summed E-state index contributed by atoms with van der Waals surface area (Å²) in [5.74, 6) is -3.94. The lowest BCUT2D eigenvalue weighted by atomic mass is 9.73. The molecule has 42 heavy (non-hydrogen) atoms. The molecular formula is C27H32O15. The molecule has 1 aromatic rings. The molecule has 3 aliphatic rings. The van der Waals surface area contributed by atoms with Crippen LogP contribution in [0.25, 0.3) is 6.08 Å². The van der Waals surface area contributed by atoms with Gasteiger partial charge in [-0.2, -0.15) is 0 Å². The van der Waals surface area contributed by atoms with Crippen LogP contribution in [0.5, 0.6) is 5.75 Å². The SMILES string of the molecule is O=C(/C=C/c1ccc(O)cc1)C1=C(O)C(C2O[C@H](CO)[C@@H](O)[C@H](O)[C@H]2O)=CC(O)(C2O[C@H](CO)[C@@H](O)[C@H](O)[C@H]2O)C1=O. The average molecular weight is 597 g/mol. The summed E-state index contributed by atoms with van der Waals surface area (Å²) in [6.45, 7) is -1.81. The van der Waals surface area contributed by atoms with Crippen molar-refractivity contribution in [3.05, 3.63) is 58.9 Å². The molecule has 0 aromatic heterocycles. The van der Waals surface area contributed by atoms with Crippen LogP contribution >= 0.6 is 0 Å². The van der Waals surface area contributed by atoms with Crippen LogP contribution < -0.4 is 0 Å². The number of aromatic hydroxyl groups is 1. The van der Waals surface area contributed by atoms with E-state index in [1.165, 1.54) is 30.3 Å². The summed E-state index contributed by atoms with van der Waals surface area (Å²) in [6.07, 6.45) is -16.5. The first-order valence-electron chi connectivity index (χ1n) is 12.8. The van der Waals surface area contributed by atoms with Gasteiger partial charge in [0.2, 0.25) is 5.78 Å². The van der Waals surface area contributed by atoms with Crippen molar-refractivity contribution < 1.29 is 75.2 Å². The third kappa shape index (κ3) is 5.52. The fraction of sp³-hybridized carbons (Fsp3) is 0.481. The highest BCUT2D eigenvalue weighted by molar-refractivity contribution is 6.29. The predicted octanol–water partition coefficient (Wildman–Crippen LogP) is -4.29. The monoisotopic (exact) mass is 596 g/mol. The number of hydrogen-bond donors (Lipinski definition) is 11. The highest BCUT2D eigenvalue weighted by atomic mass is 16.6. The summed E-state index contributed by atoms with van der Waals surface area (Å²) < 4.78 is 10.8. The molecule has 3 unspecified atom stereocenters. The van der Waals surface area contributed by atoms with Gasteiger partial charge in [0.1, 0.15) is 78.1 Å². The molecule has 0 spiro atoms. The summed E-state index contributed by atoms with van der Waals surface area (Å²) in [7, 11) is 0. The molecule has 11 atom stereocenters. The number of carbonyl (C=O) groups excluding carboxylic acids is 2. The first kappa shape index (κ1) is 31.9. The van der Waals surface area contributed by atoms with Gasteiger partial charge >= 0.3 is 0 Å². The van der Waals surface area contributed by atoms with Gasteiger partial charge in [0, 0.05) is 5.57 Å². The van der Waals surface area contributed by atoms with E-state index in [1.54, 1.807) is 0 Å². The fourth-order valence-electron chi connectivity index (χ4n) is 5.14. The van der Waals surface area contributed by atoms with Gasteiger partial charge in [0.25, 0.3) is 0 Å². The Kier molecular flexibility index (Phi) is 9.31. The second kappa shape index (κ2) is 12.3. The summed E-state index contributed by atoms with van der Waals surface area (Å²) >= 11 is 0. The lowest BCUT2D eigenvalue weighted by Gasteiger charge is -2.47. The van der Waals surface area contributed by atoms with Crippen LogP contribution in [0.1, 0.15) is 5.56 Å². The van der Waals surface area contributed by atoms with E-state index in [1.807, 2.05) is 0 Å². The number of phenolic OH excluding ortho intramolecular Hbond substituents is 1. The zero-order chi connectivity index (χ0) is 31.1. The van der Waals surface area contributed by atoms with Crippen molar-refractivity contribution in [2.24, 2.45) is 0 Å². The molecule has 0 amide bonds. The molecule has 15 heteroatoms. The standard InChI is InChI=1S/C27H32O15/c28-8-14-18(33)20(35)22(37)24(41-14)12-7-27(40,26-23(38)21(36)19(34)15(9-29)42-26)25(39)16(17(12)32)13(31)6-3-10-1-4-11(30)5-2-10/h1-7,14-15,18-24,26,28-30,32-38,40H,8-9H2/b6-3+/t14-,15-,18-,19-,20+,21+,22-,23-,24?,26?,27?/m1/s1. The minimum absolute atomic E-state index is 0.0693. The number of ether oxygens (including phenoxy) is 2. The quantitative estimate of drug-likeness (QED) is 0.105. The minimum atomic E-state index is -3.12. The molecule has 1 aromatic carbocycles. The van der Waals surface area contributed by atoms with E-state index in [4.69, 9.17) is 9.47 Å². The topological polar surface area (TPSA) is 275 Å². The first-order chi connectivity index (χ1) is 19.8. The van der Waals surface area contributed by atoms with Gasteiger partial charge < -0.3 is 65.6 Å². The van der Waals surface area contributed by atoms with Crippen molar-refractivity contribution in [1.82, 2.24) is 0 Å². The van der Waals surface area contributed by atoms with Crippen molar-refractivity contribution in [1.29, 1.82) is 0 Å². The molecule has 2 aliphatic heterocycles. The molecule has 2 saturated heterocycles. The largest absolute Gasteiger partial charge is 0.508 e. The van der Waals surface area contributed by atoms with E-state index in [0.29, 0.717) is 11.6 Å². The Labute approximate surface area is 237 Å². The number of benzene rings is 1. The molecule has 0 bridgehead atoms. The molecular weight excluding hydrogens is 564 g/mol. The van der Waals surface area contributed by atoms with Crippen LogP contribution in [0, 0.1) is 0 Å². The number of phenols is 1. The number of Topliss-reactive ketones (excluding diaryl/α,β-unsaturated/α-hetero) is 1. The summed E-state index contributed by atoms with van der Waals surface area (Å²) in [4.78, 5) is 27.0. The second-order valence-electron chi connectivity index (χ2n) is 10.3. The normalized spacial score (nSPS) is 39.5. The number of ketones is 2. The number of carbonyl (C=O) groups is 2. The maximum atomic E-state index is 13.7. The van der Waals surface area contributed by atoms with Gasteiger partial charge in [-0.1, -0.05) is 18.2 Å². The third-order valence-electron chi connectivity index (χ3n) is 7.57. The summed E-state index contributed by atoms with van der Waals surface area (Å²) in [5.41, 5.74) is -4.53.